The molecule has 1 rings (SSSR count). The van der Waals surface area contributed by atoms with Gasteiger partial charge in [0.1, 0.15) is 0 Å². The van der Waals surface area contributed by atoms with Crippen LogP contribution in [0.5, 0.6) is 0 Å². The van der Waals surface area contributed by atoms with Crippen LogP contribution in [0, 0.1) is 5.92 Å². The van der Waals surface area contributed by atoms with Gasteiger partial charge in [-0.15, -0.1) is 0 Å². The molecule has 13 heavy (non-hydrogen) atoms. The molecule has 74 valence electrons. The predicted molar refractivity (Wildman–Crippen MR) is 50.4 cm³/mol. The zero-order valence-corrected chi connectivity index (χ0v) is 8.16. The molecule has 0 radical (unpaired) electrons. The Bertz CT molecular complexity index is 187. The summed E-state index contributed by atoms with van der Waals surface area (Å²) in [6, 6.07) is 0. The first-order chi connectivity index (χ1) is 6.38. The summed E-state index contributed by atoms with van der Waals surface area (Å²) in [5.41, 5.74) is 0. The Morgan fingerprint density at radius 1 is 1.46 bits per heavy atom. The maximum absolute atomic E-state index is 9.87. The molecule has 0 saturated heterocycles. The van der Waals surface area contributed by atoms with Crippen LogP contribution in [0.3, 0.4) is 0 Å². The van der Waals surface area contributed by atoms with Crippen LogP contribution in [0.25, 0.3) is 0 Å². The smallest absolute Gasteiger partial charge is 0.234 e. The van der Waals surface area contributed by atoms with Crippen molar-refractivity contribution >= 4 is 6.08 Å². The van der Waals surface area contributed by atoms with Gasteiger partial charge >= 0.3 is 0 Å². The fourth-order valence-electron chi connectivity index (χ4n) is 2.09. The number of nitrogens with zero attached hydrogens (tertiary/aromatic N) is 1. The first-order valence-corrected chi connectivity index (χ1v) is 4.95. The topological polar surface area (TPSA) is 38.7 Å². The van der Waals surface area contributed by atoms with Gasteiger partial charge in [0.2, 0.25) is 6.08 Å². The van der Waals surface area contributed by atoms with Gasteiger partial charge in [0, 0.05) is 7.11 Å². The fraction of sp³-hybridized carbons (Fsp3) is 0.900. The van der Waals surface area contributed by atoms with Crippen molar-refractivity contribution in [3.63, 3.8) is 0 Å². The minimum absolute atomic E-state index is 0.385. The third kappa shape index (κ3) is 3.29. The summed E-state index contributed by atoms with van der Waals surface area (Å²) in [5, 5.41) is 0. The molecule has 1 aliphatic rings. The number of carbonyl (C=O) groups excluding carboxylic acids is 1. The fourth-order valence-corrected chi connectivity index (χ4v) is 2.09. The monoisotopic (exact) mass is 183 g/mol. The van der Waals surface area contributed by atoms with Crippen LogP contribution in [-0.4, -0.2) is 25.8 Å². The maximum Gasteiger partial charge on any atom is 0.234 e. The van der Waals surface area contributed by atoms with Crippen LogP contribution in [0.15, 0.2) is 4.99 Å². The summed E-state index contributed by atoms with van der Waals surface area (Å²) in [5.74, 6) is 0.593. The zero-order valence-electron chi connectivity index (χ0n) is 8.16. The summed E-state index contributed by atoms with van der Waals surface area (Å²) >= 11 is 0. The van der Waals surface area contributed by atoms with Crippen molar-refractivity contribution in [2.45, 2.75) is 38.2 Å². The van der Waals surface area contributed by atoms with Crippen LogP contribution >= 0.6 is 0 Å². The molecule has 0 aromatic heterocycles. The Hall–Kier alpha value is -0.660. The molecule has 0 bridgehead atoms. The van der Waals surface area contributed by atoms with Crippen LogP contribution in [0.2, 0.25) is 0 Å². The molecule has 0 heterocycles. The van der Waals surface area contributed by atoms with E-state index in [0.717, 1.165) is 12.8 Å². The van der Waals surface area contributed by atoms with E-state index in [1.807, 2.05) is 0 Å². The molecule has 0 spiro atoms. The molecule has 0 aromatic rings. The zero-order chi connectivity index (χ0) is 9.52. The van der Waals surface area contributed by atoms with E-state index in [1.165, 1.54) is 19.3 Å². The van der Waals surface area contributed by atoms with E-state index in [-0.39, 0.29) is 0 Å². The molecule has 2 atom stereocenters. The van der Waals surface area contributed by atoms with E-state index in [0.29, 0.717) is 18.6 Å². The first kappa shape index (κ1) is 10.4. The van der Waals surface area contributed by atoms with E-state index in [4.69, 9.17) is 4.74 Å². The quantitative estimate of drug-likeness (QED) is 0.493. The lowest BCUT2D eigenvalue weighted by Gasteiger charge is -2.29. The van der Waals surface area contributed by atoms with Crippen molar-refractivity contribution in [3.05, 3.63) is 0 Å². The van der Waals surface area contributed by atoms with Crippen molar-refractivity contribution in [1.29, 1.82) is 0 Å². The molecule has 1 fully saturated rings. The van der Waals surface area contributed by atoms with Gasteiger partial charge in [-0.1, -0.05) is 12.8 Å². The molecular weight excluding hydrogens is 166 g/mol. The Labute approximate surface area is 79.2 Å². The van der Waals surface area contributed by atoms with Crippen molar-refractivity contribution in [3.8, 4) is 0 Å². The molecule has 1 saturated carbocycles. The second kappa shape index (κ2) is 5.90. The van der Waals surface area contributed by atoms with Gasteiger partial charge in [-0.05, 0) is 25.2 Å². The second-order valence-electron chi connectivity index (χ2n) is 3.58. The molecule has 0 N–H and O–H groups in total. The van der Waals surface area contributed by atoms with Crippen molar-refractivity contribution in [1.82, 2.24) is 0 Å². The molecule has 2 unspecified atom stereocenters. The largest absolute Gasteiger partial charge is 0.381 e. The van der Waals surface area contributed by atoms with Crippen molar-refractivity contribution in [2.24, 2.45) is 10.9 Å². The van der Waals surface area contributed by atoms with Crippen LogP contribution in [-0.2, 0) is 9.53 Å². The van der Waals surface area contributed by atoms with Gasteiger partial charge in [-0.25, -0.2) is 9.79 Å². The molecular formula is C10H17NO2. The van der Waals surface area contributed by atoms with Gasteiger partial charge in [0.15, 0.2) is 0 Å². The van der Waals surface area contributed by atoms with E-state index in [2.05, 4.69) is 4.99 Å². The number of methoxy groups -OCH3 is 1. The van der Waals surface area contributed by atoms with Gasteiger partial charge in [0.05, 0.1) is 12.6 Å². The van der Waals surface area contributed by atoms with E-state index < -0.39 is 0 Å². The molecule has 0 aromatic carbocycles. The number of hydrogen-bond donors (Lipinski definition) is 0. The van der Waals surface area contributed by atoms with Gasteiger partial charge in [-0.2, -0.15) is 0 Å². The summed E-state index contributed by atoms with van der Waals surface area (Å²) in [6.45, 7) is 0.605. The van der Waals surface area contributed by atoms with Crippen LogP contribution in [0.1, 0.15) is 32.1 Å². The Balaban J connectivity index is 2.31. The molecule has 1 aliphatic carbocycles. The molecule has 3 nitrogen and oxygen atoms in total. The predicted octanol–water partition coefficient (Wildman–Crippen LogP) is 1.92. The average molecular weight is 183 g/mol. The second-order valence-corrected chi connectivity index (χ2v) is 3.58. The van der Waals surface area contributed by atoms with Gasteiger partial charge < -0.3 is 4.74 Å². The Morgan fingerprint density at radius 3 is 2.92 bits per heavy atom. The third-order valence-electron chi connectivity index (χ3n) is 2.82. The molecule has 0 aliphatic heterocycles. The van der Waals surface area contributed by atoms with Crippen LogP contribution in [0.4, 0.5) is 0 Å². The summed E-state index contributed by atoms with van der Waals surface area (Å²) in [6.07, 6.45) is 7.86. The molecule has 3 heteroatoms. The summed E-state index contributed by atoms with van der Waals surface area (Å²) in [4.78, 5) is 13.4. The highest BCUT2D eigenvalue weighted by Crippen LogP contribution is 2.28. The number of ether oxygens (including phenoxy) is 1. The molecule has 0 amide bonds. The van der Waals surface area contributed by atoms with Gasteiger partial charge in [0.25, 0.3) is 0 Å². The lowest BCUT2D eigenvalue weighted by molar-refractivity contribution is 0.0214. The van der Waals surface area contributed by atoms with Gasteiger partial charge in [-0.3, -0.25) is 0 Å². The minimum Gasteiger partial charge on any atom is -0.381 e. The van der Waals surface area contributed by atoms with Crippen LogP contribution < -0.4 is 0 Å². The van der Waals surface area contributed by atoms with Crippen molar-refractivity contribution in [2.75, 3.05) is 13.7 Å². The normalized spacial score (nSPS) is 28.1. The highest BCUT2D eigenvalue weighted by Gasteiger charge is 2.23. The standard InChI is InChI=1S/C10H17NO2/c1-13-10-5-3-2-4-9(10)6-7-11-8-12/h9-10H,2-7H2,1H3. The number of hydrogen-bond acceptors (Lipinski definition) is 3. The number of rotatable bonds is 4. The lowest BCUT2D eigenvalue weighted by atomic mass is 9.84. The summed E-state index contributed by atoms with van der Waals surface area (Å²) < 4.78 is 5.39. The van der Waals surface area contributed by atoms with E-state index in [1.54, 1.807) is 13.2 Å². The Morgan fingerprint density at radius 2 is 2.23 bits per heavy atom. The minimum atomic E-state index is 0.385. The number of aliphatic imine (C=N–C) groups is 1. The highest BCUT2D eigenvalue weighted by molar-refractivity contribution is 5.32. The summed E-state index contributed by atoms with van der Waals surface area (Å²) in [7, 11) is 1.77. The third-order valence-corrected chi connectivity index (χ3v) is 2.82. The van der Waals surface area contributed by atoms with E-state index >= 15 is 0 Å². The van der Waals surface area contributed by atoms with Crippen molar-refractivity contribution < 1.29 is 9.53 Å². The van der Waals surface area contributed by atoms with E-state index in [9.17, 15) is 4.79 Å². The maximum atomic E-state index is 9.87. The number of isocyanates is 1. The average Bonchev–Trinajstić information content (AvgIpc) is 2.19. The highest BCUT2D eigenvalue weighted by atomic mass is 16.5. The Kier molecular flexibility index (Phi) is 4.73. The lowest BCUT2D eigenvalue weighted by Crippen LogP contribution is -2.27. The SMILES string of the molecule is COC1CCCCC1CCN=C=O. The first-order valence-electron chi connectivity index (χ1n) is 4.95.